The first-order valence-corrected chi connectivity index (χ1v) is 7.09. The van der Waals surface area contributed by atoms with Crippen LogP contribution in [0.1, 0.15) is 36.6 Å². The summed E-state index contributed by atoms with van der Waals surface area (Å²) in [6.45, 7) is 7.09. The lowest BCUT2D eigenvalue weighted by atomic mass is 10.0. The second-order valence-corrected chi connectivity index (χ2v) is 5.76. The average molecular weight is 256 g/mol. The molecule has 0 fully saturated rings. The van der Waals surface area contributed by atoms with Crippen LogP contribution in [-0.4, -0.2) is 24.3 Å². The van der Waals surface area contributed by atoms with Gasteiger partial charge in [-0.1, -0.05) is 13.8 Å². The van der Waals surface area contributed by atoms with E-state index in [-0.39, 0.29) is 24.6 Å². The van der Waals surface area contributed by atoms with E-state index in [2.05, 4.69) is 31.3 Å². The van der Waals surface area contributed by atoms with Gasteiger partial charge in [-0.15, -0.1) is 11.3 Å². The lowest BCUT2D eigenvalue weighted by Crippen LogP contribution is -2.39. The highest BCUT2D eigenvalue weighted by Gasteiger charge is 2.18. The van der Waals surface area contributed by atoms with Crippen molar-refractivity contribution >= 4 is 11.3 Å². The summed E-state index contributed by atoms with van der Waals surface area (Å²) in [5.74, 6) is 0.245. The molecule has 3 unspecified atom stereocenters. The first kappa shape index (κ1) is 14.6. The zero-order valence-corrected chi connectivity index (χ0v) is 11.8. The van der Waals surface area contributed by atoms with Gasteiger partial charge in [-0.05, 0) is 31.4 Å². The summed E-state index contributed by atoms with van der Waals surface area (Å²) in [7, 11) is 0. The van der Waals surface area contributed by atoms with Crippen LogP contribution in [0.5, 0.6) is 0 Å². The van der Waals surface area contributed by atoms with E-state index >= 15 is 0 Å². The van der Waals surface area contributed by atoms with Crippen molar-refractivity contribution in [2.75, 3.05) is 13.2 Å². The van der Waals surface area contributed by atoms with Crippen LogP contribution in [0.15, 0.2) is 12.1 Å². The third-order valence-electron chi connectivity index (χ3n) is 3.22. The van der Waals surface area contributed by atoms with Gasteiger partial charge in [-0.3, -0.25) is 0 Å². The Bertz CT molecular complexity index is 327. The highest BCUT2D eigenvalue weighted by atomic mass is 32.1. The van der Waals surface area contributed by atoms with Crippen LogP contribution < -0.4 is 11.1 Å². The van der Waals surface area contributed by atoms with Crippen LogP contribution in [-0.2, 0) is 6.42 Å². The molecule has 4 heteroatoms. The maximum atomic E-state index is 9.13. The van der Waals surface area contributed by atoms with E-state index in [1.54, 1.807) is 0 Å². The van der Waals surface area contributed by atoms with Crippen molar-refractivity contribution in [1.82, 2.24) is 5.32 Å². The van der Waals surface area contributed by atoms with Gasteiger partial charge in [0.25, 0.3) is 0 Å². The van der Waals surface area contributed by atoms with Crippen molar-refractivity contribution in [2.45, 2.75) is 39.3 Å². The molecule has 0 aliphatic rings. The largest absolute Gasteiger partial charge is 0.396 e. The van der Waals surface area contributed by atoms with Crippen LogP contribution in [0.25, 0.3) is 0 Å². The highest BCUT2D eigenvalue weighted by molar-refractivity contribution is 7.12. The minimum absolute atomic E-state index is 0.198. The maximum Gasteiger partial charge on any atom is 0.0541 e. The monoisotopic (exact) mass is 256 g/mol. The first-order valence-electron chi connectivity index (χ1n) is 6.27. The summed E-state index contributed by atoms with van der Waals surface area (Å²) in [5, 5.41) is 12.6. The molecule has 17 heavy (non-hydrogen) atoms. The van der Waals surface area contributed by atoms with E-state index in [1.165, 1.54) is 9.75 Å². The number of nitrogens with two attached hydrogens (primary N) is 1. The summed E-state index contributed by atoms with van der Waals surface area (Å²) in [6, 6.07) is 4.79. The number of aliphatic hydroxyl groups excluding tert-OH is 1. The molecule has 0 radical (unpaired) electrons. The fourth-order valence-corrected chi connectivity index (χ4v) is 2.70. The molecule has 0 aliphatic carbocycles. The van der Waals surface area contributed by atoms with E-state index in [4.69, 9.17) is 10.8 Å². The van der Waals surface area contributed by atoms with Crippen molar-refractivity contribution in [1.29, 1.82) is 0 Å². The molecule has 1 aromatic heterocycles. The van der Waals surface area contributed by atoms with Crippen molar-refractivity contribution < 1.29 is 5.11 Å². The van der Waals surface area contributed by atoms with Crippen LogP contribution in [0.2, 0.25) is 0 Å². The highest BCUT2D eigenvalue weighted by Crippen LogP contribution is 2.24. The third kappa shape index (κ3) is 4.07. The second-order valence-electron chi connectivity index (χ2n) is 4.56. The Balaban J connectivity index is 2.65. The van der Waals surface area contributed by atoms with E-state index in [0.29, 0.717) is 6.54 Å². The van der Waals surface area contributed by atoms with Crippen molar-refractivity contribution in [2.24, 2.45) is 11.7 Å². The number of hydrogen-bond donors (Lipinski definition) is 3. The summed E-state index contributed by atoms with van der Waals surface area (Å²) < 4.78 is 0. The molecule has 0 aliphatic heterocycles. The Morgan fingerprint density at radius 3 is 2.59 bits per heavy atom. The Morgan fingerprint density at radius 1 is 1.41 bits per heavy atom. The predicted molar refractivity (Wildman–Crippen MR) is 74.3 cm³/mol. The summed E-state index contributed by atoms with van der Waals surface area (Å²) in [5.41, 5.74) is 5.83. The molecule has 1 rings (SSSR count). The van der Waals surface area contributed by atoms with Gasteiger partial charge in [0, 0.05) is 28.9 Å². The van der Waals surface area contributed by atoms with E-state index in [9.17, 15) is 0 Å². The SMILES string of the molecule is CCc1ccc(C(CN)NC(C)C(C)CO)s1. The molecule has 0 amide bonds. The minimum atomic E-state index is 0.198. The fraction of sp³-hybridized carbons (Fsp3) is 0.692. The number of hydrogen-bond acceptors (Lipinski definition) is 4. The van der Waals surface area contributed by atoms with Gasteiger partial charge < -0.3 is 16.2 Å². The van der Waals surface area contributed by atoms with Gasteiger partial charge >= 0.3 is 0 Å². The summed E-state index contributed by atoms with van der Waals surface area (Å²) in [4.78, 5) is 2.68. The molecule has 0 aromatic carbocycles. The topological polar surface area (TPSA) is 58.3 Å². The number of aliphatic hydroxyl groups is 1. The molecule has 0 saturated carbocycles. The van der Waals surface area contributed by atoms with Crippen molar-refractivity contribution in [3.8, 4) is 0 Å². The molecule has 3 atom stereocenters. The molecule has 0 spiro atoms. The normalized spacial score (nSPS) is 16.8. The smallest absolute Gasteiger partial charge is 0.0541 e. The Kier molecular flexibility index (Phi) is 6.12. The van der Waals surface area contributed by atoms with Crippen LogP contribution in [0.3, 0.4) is 0 Å². The summed E-state index contributed by atoms with van der Waals surface area (Å²) in [6.07, 6.45) is 1.07. The van der Waals surface area contributed by atoms with Crippen LogP contribution >= 0.6 is 11.3 Å². The lowest BCUT2D eigenvalue weighted by Gasteiger charge is -2.25. The first-order chi connectivity index (χ1) is 8.12. The average Bonchev–Trinajstić information content (AvgIpc) is 2.83. The van der Waals surface area contributed by atoms with E-state index in [0.717, 1.165) is 6.42 Å². The second kappa shape index (κ2) is 7.11. The molecular formula is C13H24N2OS. The van der Waals surface area contributed by atoms with E-state index in [1.807, 2.05) is 18.3 Å². The van der Waals surface area contributed by atoms with Gasteiger partial charge in [0.05, 0.1) is 6.04 Å². The van der Waals surface area contributed by atoms with Gasteiger partial charge in [0.1, 0.15) is 0 Å². The molecule has 1 aromatic rings. The lowest BCUT2D eigenvalue weighted by molar-refractivity contribution is 0.201. The maximum absolute atomic E-state index is 9.13. The molecule has 98 valence electrons. The fourth-order valence-electron chi connectivity index (χ4n) is 1.68. The number of aryl methyl sites for hydroxylation is 1. The van der Waals surface area contributed by atoms with Gasteiger partial charge in [-0.25, -0.2) is 0 Å². The van der Waals surface area contributed by atoms with Gasteiger partial charge in [0.2, 0.25) is 0 Å². The molecular weight excluding hydrogens is 232 g/mol. The zero-order valence-electron chi connectivity index (χ0n) is 10.9. The Labute approximate surface area is 108 Å². The zero-order chi connectivity index (χ0) is 12.8. The summed E-state index contributed by atoms with van der Waals surface area (Å²) >= 11 is 1.82. The number of thiophene rings is 1. The molecule has 0 saturated heterocycles. The molecule has 0 bridgehead atoms. The van der Waals surface area contributed by atoms with Crippen LogP contribution in [0, 0.1) is 5.92 Å². The Morgan fingerprint density at radius 2 is 2.12 bits per heavy atom. The van der Waals surface area contributed by atoms with Crippen molar-refractivity contribution in [3.63, 3.8) is 0 Å². The van der Waals surface area contributed by atoms with E-state index < -0.39 is 0 Å². The number of nitrogens with one attached hydrogen (secondary N) is 1. The van der Waals surface area contributed by atoms with Gasteiger partial charge in [0.15, 0.2) is 0 Å². The Hall–Kier alpha value is -0.420. The molecule has 1 heterocycles. The minimum Gasteiger partial charge on any atom is -0.396 e. The van der Waals surface area contributed by atoms with Crippen molar-refractivity contribution in [3.05, 3.63) is 21.9 Å². The predicted octanol–water partition coefficient (Wildman–Crippen LogP) is 1.92. The quantitative estimate of drug-likeness (QED) is 0.698. The van der Waals surface area contributed by atoms with Crippen LogP contribution in [0.4, 0.5) is 0 Å². The third-order valence-corrected chi connectivity index (χ3v) is 4.56. The molecule has 4 N–H and O–H groups in total. The number of rotatable bonds is 7. The molecule has 3 nitrogen and oxygen atoms in total. The van der Waals surface area contributed by atoms with Gasteiger partial charge in [-0.2, -0.15) is 0 Å². The standard InChI is InChI=1S/C13H24N2OS/c1-4-11-5-6-13(17-11)12(7-14)15-10(3)9(2)8-16/h5-6,9-10,12,15-16H,4,7-8,14H2,1-3H3.